The van der Waals surface area contributed by atoms with Crippen LogP contribution in [0, 0.1) is 12.7 Å². The molecule has 114 valence electrons. The van der Waals surface area contributed by atoms with Crippen LogP contribution in [0.15, 0.2) is 18.2 Å². The van der Waals surface area contributed by atoms with Crippen molar-refractivity contribution >= 4 is 17.7 Å². The molecular weight excluding hydrogens is 275 g/mol. The summed E-state index contributed by atoms with van der Waals surface area (Å²) in [7, 11) is 0. The van der Waals surface area contributed by atoms with E-state index < -0.39 is 23.4 Å². The highest BCUT2D eigenvalue weighted by Crippen LogP contribution is 2.29. The number of carboxylic acid groups (broad SMARTS) is 1. The molecule has 1 aliphatic heterocycles. The van der Waals surface area contributed by atoms with Gasteiger partial charge in [-0.05, 0) is 56.9 Å². The van der Waals surface area contributed by atoms with Crippen molar-refractivity contribution in [2.24, 2.45) is 0 Å². The van der Waals surface area contributed by atoms with E-state index in [0.717, 1.165) is 12.8 Å². The van der Waals surface area contributed by atoms with Crippen LogP contribution >= 0.6 is 0 Å². The first-order valence-electron chi connectivity index (χ1n) is 6.92. The number of carbonyl (C=O) groups excluding carboxylic acids is 1. The molecule has 1 aromatic carbocycles. The summed E-state index contributed by atoms with van der Waals surface area (Å²) in [6.07, 6.45) is 1.95. The molecule has 2 rings (SSSR count). The van der Waals surface area contributed by atoms with Crippen molar-refractivity contribution in [3.05, 3.63) is 29.6 Å². The molecule has 0 saturated carbocycles. The highest BCUT2D eigenvalue weighted by molar-refractivity contribution is 5.94. The molecule has 1 heterocycles. The molecule has 0 spiro atoms. The molecule has 1 saturated heterocycles. The average Bonchev–Trinajstić information content (AvgIpc) is 2.37. The Morgan fingerprint density at radius 1 is 1.33 bits per heavy atom. The number of nitrogens with zero attached hydrogens (tertiary/aromatic N) is 1. The van der Waals surface area contributed by atoms with Crippen LogP contribution < -0.4 is 5.32 Å². The lowest BCUT2D eigenvalue weighted by Crippen LogP contribution is -2.58. The van der Waals surface area contributed by atoms with Gasteiger partial charge in [-0.25, -0.2) is 14.0 Å². The summed E-state index contributed by atoms with van der Waals surface area (Å²) in [6, 6.07) is 3.71. The Morgan fingerprint density at radius 3 is 2.67 bits per heavy atom. The van der Waals surface area contributed by atoms with Gasteiger partial charge in [-0.3, -0.25) is 0 Å². The largest absolute Gasteiger partial charge is 0.480 e. The molecule has 1 aromatic rings. The lowest BCUT2D eigenvalue weighted by atomic mass is 9.89. The van der Waals surface area contributed by atoms with E-state index in [1.165, 1.54) is 17.0 Å². The smallest absolute Gasteiger partial charge is 0.329 e. The van der Waals surface area contributed by atoms with E-state index in [-0.39, 0.29) is 0 Å². The van der Waals surface area contributed by atoms with Gasteiger partial charge in [-0.1, -0.05) is 0 Å². The van der Waals surface area contributed by atoms with Gasteiger partial charge >= 0.3 is 12.0 Å². The second-order valence-corrected chi connectivity index (χ2v) is 5.64. The number of urea groups is 1. The van der Waals surface area contributed by atoms with Gasteiger partial charge in [0.15, 0.2) is 0 Å². The zero-order chi connectivity index (χ0) is 15.6. The molecule has 0 aliphatic carbocycles. The average molecular weight is 294 g/mol. The number of rotatable bonds is 2. The summed E-state index contributed by atoms with van der Waals surface area (Å²) in [5, 5.41) is 12.0. The van der Waals surface area contributed by atoms with Crippen LogP contribution in [-0.4, -0.2) is 34.1 Å². The Hall–Kier alpha value is -2.11. The molecule has 6 heteroatoms. The van der Waals surface area contributed by atoms with E-state index in [1.807, 2.05) is 0 Å². The summed E-state index contributed by atoms with van der Waals surface area (Å²) < 4.78 is 13.3. The monoisotopic (exact) mass is 294 g/mol. The molecule has 0 radical (unpaired) electrons. The number of amides is 2. The third kappa shape index (κ3) is 3.15. The molecule has 5 nitrogen and oxygen atoms in total. The van der Waals surface area contributed by atoms with Crippen molar-refractivity contribution in [2.75, 3.05) is 11.9 Å². The fourth-order valence-corrected chi connectivity index (χ4v) is 2.67. The number of piperidine rings is 1. The highest BCUT2D eigenvalue weighted by atomic mass is 19.1. The number of halogens is 1. The van der Waals surface area contributed by atoms with Crippen LogP contribution in [0.2, 0.25) is 0 Å². The Labute approximate surface area is 122 Å². The number of aliphatic carboxylic acids is 1. The highest BCUT2D eigenvalue weighted by Gasteiger charge is 2.44. The van der Waals surface area contributed by atoms with E-state index in [4.69, 9.17) is 0 Å². The summed E-state index contributed by atoms with van der Waals surface area (Å²) in [4.78, 5) is 25.1. The van der Waals surface area contributed by atoms with Crippen LogP contribution in [0.1, 0.15) is 31.7 Å². The van der Waals surface area contributed by atoms with Gasteiger partial charge in [0.1, 0.15) is 11.4 Å². The fourth-order valence-electron chi connectivity index (χ4n) is 2.67. The van der Waals surface area contributed by atoms with Crippen LogP contribution in [0.5, 0.6) is 0 Å². The maximum absolute atomic E-state index is 13.3. The summed E-state index contributed by atoms with van der Waals surface area (Å²) in [5.41, 5.74) is -0.203. The number of nitrogens with one attached hydrogen (secondary N) is 1. The van der Waals surface area contributed by atoms with E-state index in [2.05, 4.69) is 5.32 Å². The Bertz CT molecular complexity index is 556. The van der Waals surface area contributed by atoms with E-state index in [1.54, 1.807) is 19.9 Å². The molecule has 1 unspecified atom stereocenters. The SMILES string of the molecule is Cc1cc(F)cc(NC(=O)N2CCCCC2(C)C(=O)O)c1. The second-order valence-electron chi connectivity index (χ2n) is 5.64. The number of carbonyl (C=O) groups is 2. The van der Waals surface area contributed by atoms with Crippen molar-refractivity contribution < 1.29 is 19.1 Å². The Kier molecular flexibility index (Phi) is 4.16. The number of hydrogen-bond acceptors (Lipinski definition) is 2. The Balaban J connectivity index is 2.20. The van der Waals surface area contributed by atoms with Gasteiger partial charge in [0.25, 0.3) is 0 Å². The van der Waals surface area contributed by atoms with Crippen molar-refractivity contribution in [3.8, 4) is 0 Å². The quantitative estimate of drug-likeness (QED) is 0.881. The summed E-state index contributed by atoms with van der Waals surface area (Å²) >= 11 is 0. The van der Waals surface area contributed by atoms with Crippen LogP contribution in [-0.2, 0) is 4.79 Å². The first-order chi connectivity index (χ1) is 9.83. The predicted molar refractivity (Wildman–Crippen MR) is 76.8 cm³/mol. The van der Waals surface area contributed by atoms with E-state index in [9.17, 15) is 19.1 Å². The maximum atomic E-state index is 13.3. The van der Waals surface area contributed by atoms with Crippen molar-refractivity contribution in [1.29, 1.82) is 0 Å². The number of aryl methyl sites for hydroxylation is 1. The molecule has 21 heavy (non-hydrogen) atoms. The van der Waals surface area contributed by atoms with Gasteiger partial charge in [0.2, 0.25) is 0 Å². The van der Waals surface area contributed by atoms with Gasteiger partial charge in [0.05, 0.1) is 0 Å². The van der Waals surface area contributed by atoms with Gasteiger partial charge in [-0.15, -0.1) is 0 Å². The normalized spacial score (nSPS) is 22.0. The summed E-state index contributed by atoms with van der Waals surface area (Å²) in [5.74, 6) is -1.46. The second kappa shape index (κ2) is 5.71. The van der Waals surface area contributed by atoms with Crippen molar-refractivity contribution in [2.45, 2.75) is 38.6 Å². The van der Waals surface area contributed by atoms with Gasteiger partial charge in [-0.2, -0.15) is 0 Å². The third-order valence-corrected chi connectivity index (χ3v) is 3.89. The maximum Gasteiger partial charge on any atom is 0.329 e. The van der Waals surface area contributed by atoms with E-state index in [0.29, 0.717) is 24.2 Å². The molecule has 1 fully saturated rings. The predicted octanol–water partition coefficient (Wildman–Crippen LogP) is 3.00. The minimum Gasteiger partial charge on any atom is -0.480 e. The van der Waals surface area contributed by atoms with Crippen LogP contribution in [0.3, 0.4) is 0 Å². The minimum absolute atomic E-state index is 0.329. The standard InChI is InChI=1S/C15H19FN2O3/c1-10-7-11(16)9-12(8-10)17-14(21)18-6-4-3-5-15(18,2)13(19)20/h7-9H,3-6H2,1-2H3,(H,17,21)(H,19,20). The molecule has 0 aromatic heterocycles. The fraction of sp³-hybridized carbons (Fsp3) is 0.467. The first-order valence-corrected chi connectivity index (χ1v) is 6.92. The molecular formula is C15H19FN2O3. The number of hydrogen-bond donors (Lipinski definition) is 2. The van der Waals surface area contributed by atoms with E-state index >= 15 is 0 Å². The lowest BCUT2D eigenvalue weighted by molar-refractivity contribution is -0.150. The zero-order valence-electron chi connectivity index (χ0n) is 12.1. The minimum atomic E-state index is -1.22. The molecule has 1 atom stereocenters. The zero-order valence-corrected chi connectivity index (χ0v) is 12.1. The van der Waals surface area contributed by atoms with Gasteiger partial charge < -0.3 is 15.3 Å². The molecule has 2 N–H and O–H groups in total. The number of benzene rings is 1. The summed E-state index contributed by atoms with van der Waals surface area (Å²) in [6.45, 7) is 3.65. The van der Waals surface area contributed by atoms with Crippen LogP contribution in [0.4, 0.5) is 14.9 Å². The van der Waals surface area contributed by atoms with Crippen LogP contribution in [0.25, 0.3) is 0 Å². The lowest BCUT2D eigenvalue weighted by Gasteiger charge is -2.41. The molecule has 2 amide bonds. The Morgan fingerprint density at radius 2 is 2.05 bits per heavy atom. The topological polar surface area (TPSA) is 69.6 Å². The number of likely N-dealkylation sites (tertiary alicyclic amines) is 1. The van der Waals surface area contributed by atoms with Crippen molar-refractivity contribution in [3.63, 3.8) is 0 Å². The molecule has 1 aliphatic rings. The molecule has 0 bridgehead atoms. The van der Waals surface area contributed by atoms with Crippen molar-refractivity contribution in [1.82, 2.24) is 4.90 Å². The number of carboxylic acids is 1. The number of anilines is 1. The first kappa shape index (κ1) is 15.3. The third-order valence-electron chi connectivity index (χ3n) is 3.89. The van der Waals surface area contributed by atoms with Gasteiger partial charge in [0, 0.05) is 12.2 Å².